The van der Waals surface area contributed by atoms with Gasteiger partial charge in [0.05, 0.1) is 27.8 Å². The molecule has 14 heteroatoms. The predicted octanol–water partition coefficient (Wildman–Crippen LogP) is 10.2. The third-order valence-corrected chi connectivity index (χ3v) is 23.5. The third-order valence-electron chi connectivity index (χ3n) is 18.4. The van der Waals surface area contributed by atoms with Crippen LogP contribution in [0.4, 0.5) is 0 Å². The molecule has 0 aliphatic heterocycles. The molecule has 0 saturated heterocycles. The highest BCUT2D eigenvalue weighted by Crippen LogP contribution is 2.74. The fourth-order valence-electron chi connectivity index (χ4n) is 14.1. The maximum Gasteiger partial charge on any atom is 0.113 e. The number of fused-ring (bicyclic) bond motifs is 9. The largest absolute Gasteiger partial charge is 0.309 e. The molecule has 13 aromatic carbocycles. The second-order valence-electron chi connectivity index (χ2n) is 23.2. The Kier molecular flexibility index (Phi) is 14.1. The Morgan fingerprint density at radius 3 is 1.20 bits per heavy atom. The van der Waals surface area contributed by atoms with Crippen molar-refractivity contribution in [1.29, 1.82) is 0 Å². The van der Waals surface area contributed by atoms with E-state index in [0.717, 1.165) is 85.6 Å². The van der Waals surface area contributed by atoms with Crippen molar-refractivity contribution in [3.63, 3.8) is 0 Å². The lowest BCUT2D eigenvalue weighted by Crippen LogP contribution is -2.55. The lowest BCUT2D eigenvalue weighted by Gasteiger charge is -2.43. The molecule has 0 bridgehead atoms. The van der Waals surface area contributed by atoms with E-state index in [9.17, 15) is 0 Å². The first-order valence-electron chi connectivity index (χ1n) is 30.1. The summed E-state index contributed by atoms with van der Waals surface area (Å²) in [5.41, 5.74) is 12.6. The number of hydrogen-bond donors (Lipinski definition) is 0. The van der Waals surface area contributed by atoms with Crippen LogP contribution < -0.4 is 54.6 Å². The molecule has 3 aromatic heterocycles. The molecule has 0 N–H and O–H groups in total. The summed E-state index contributed by atoms with van der Waals surface area (Å²) in [7, 11) is 68.3. The number of rotatable bonds is 10. The monoisotopic (exact) mass is 1180 g/mol. The first-order chi connectivity index (χ1) is 44.9. The molecule has 16 rings (SSSR count). The highest BCUT2D eigenvalue weighted by Gasteiger charge is 2.37. The molecule has 3 heterocycles. The van der Waals surface area contributed by atoms with Gasteiger partial charge in [0.2, 0.25) is 0 Å². The van der Waals surface area contributed by atoms with Gasteiger partial charge in [-0.05, 0) is 107 Å². The highest BCUT2D eigenvalue weighted by molar-refractivity contribution is 8.34. The quantitative estimate of drug-likeness (QED) is 0.121. The lowest BCUT2D eigenvalue weighted by molar-refractivity contribution is 1.16. The van der Waals surface area contributed by atoms with E-state index in [0.29, 0.717) is 27.9 Å². The molecule has 2 nitrogen and oxygen atoms in total. The van der Waals surface area contributed by atoms with Crippen LogP contribution in [0.2, 0.25) is 0 Å². The van der Waals surface area contributed by atoms with E-state index in [4.69, 9.17) is 78.5 Å². The van der Waals surface area contributed by atoms with Gasteiger partial charge >= 0.3 is 0 Å². The first kappa shape index (κ1) is 57.8. The summed E-state index contributed by atoms with van der Waals surface area (Å²) in [5.74, 6) is 0. The first-order valence-corrected chi connectivity index (χ1v) is 32.6. The van der Waals surface area contributed by atoms with Crippen molar-refractivity contribution >= 4 is 218 Å². The zero-order valence-electron chi connectivity index (χ0n) is 49.7. The Hall–Kier alpha value is -9.32. The zero-order chi connectivity index (χ0) is 62.8. The number of aromatic nitrogens is 2. The Balaban J connectivity index is 1.04. The molecule has 20 radical (unpaired) electrons. The van der Waals surface area contributed by atoms with Gasteiger partial charge in [0.25, 0.3) is 0 Å². The van der Waals surface area contributed by atoms with Crippen LogP contribution in [-0.2, 0) is 0 Å². The molecule has 0 spiro atoms. The molecule has 0 fully saturated rings. The Bertz CT molecular complexity index is 5480. The van der Waals surface area contributed by atoms with Crippen molar-refractivity contribution in [3.8, 4) is 55.9 Å². The van der Waals surface area contributed by atoms with Crippen molar-refractivity contribution in [1.82, 2.24) is 9.13 Å². The van der Waals surface area contributed by atoms with Gasteiger partial charge in [-0.15, -0.1) is 54.1 Å². The average Bonchev–Trinajstić information content (AvgIpc) is 1.15. The van der Waals surface area contributed by atoms with Gasteiger partial charge in [-0.1, -0.05) is 192 Å². The smallest absolute Gasteiger partial charge is 0.113 e. The van der Waals surface area contributed by atoms with E-state index in [2.05, 4.69) is 240 Å². The predicted molar refractivity (Wildman–Crippen MR) is 404 cm³/mol. The molecule has 0 aliphatic carbocycles. The van der Waals surface area contributed by atoms with Crippen molar-refractivity contribution < 1.29 is 0 Å². The van der Waals surface area contributed by atoms with Crippen LogP contribution in [0, 0.1) is 0 Å². The lowest BCUT2D eigenvalue weighted by atomic mass is 9.58. The number of para-hydroxylation sites is 3. The van der Waals surface area contributed by atoms with Crippen LogP contribution in [0.15, 0.2) is 274 Å². The van der Waals surface area contributed by atoms with Crippen LogP contribution in [0.5, 0.6) is 0 Å². The molecule has 0 aliphatic rings. The molecular weight excluding hydrogens is 1140 g/mol. The molecular formula is C78H42B10N2S2. The molecule has 0 atom stereocenters. The normalized spacial score (nSPS) is 12.1. The van der Waals surface area contributed by atoms with E-state index in [1.54, 1.807) is 0 Å². The number of thiophene rings is 1. The topological polar surface area (TPSA) is 9.86 Å². The van der Waals surface area contributed by atoms with Gasteiger partial charge in [0, 0.05) is 89.2 Å². The van der Waals surface area contributed by atoms with E-state index < -0.39 is 10.0 Å². The van der Waals surface area contributed by atoms with E-state index in [-0.39, 0.29) is 54.6 Å². The second kappa shape index (κ2) is 22.5. The van der Waals surface area contributed by atoms with Crippen LogP contribution in [0.25, 0.3) is 120 Å². The SMILES string of the molecule is [B]c1c([B])c([B])c(-c2cc(S(c3ccccc3)(c3ccccc3)c3ccccc3)cc(-c3c([B])c([B])c([B])c([B])c3[B])c2-n2c3ccccc3c3cc(-n4c5ccccc5c5cccc(-c6ccccc6-c6cccc7c6sc6ccccc67)c54)ccc32)c([B])c1[B]. The summed E-state index contributed by atoms with van der Waals surface area (Å²) in [6, 6.07) is 90.2. The third kappa shape index (κ3) is 8.63. The minimum atomic E-state index is -2.52. The van der Waals surface area contributed by atoms with Crippen LogP contribution in [-0.4, -0.2) is 87.6 Å². The molecule has 0 unspecified atom stereocenters. The fraction of sp³-hybridized carbons (Fsp3) is 0. The molecule has 406 valence electrons. The summed E-state index contributed by atoms with van der Waals surface area (Å²) >= 11 is 1.84. The number of nitrogens with zero attached hydrogens (tertiary/aromatic N) is 2. The minimum Gasteiger partial charge on any atom is -0.309 e. The molecule has 92 heavy (non-hydrogen) atoms. The maximum atomic E-state index is 7.39. The van der Waals surface area contributed by atoms with Gasteiger partial charge in [0.15, 0.2) is 0 Å². The number of hydrogen-bond acceptors (Lipinski definition) is 1. The van der Waals surface area contributed by atoms with Crippen molar-refractivity contribution in [2.75, 3.05) is 0 Å². The minimum absolute atomic E-state index is 0.0710. The van der Waals surface area contributed by atoms with Crippen LogP contribution in [0.3, 0.4) is 0 Å². The van der Waals surface area contributed by atoms with E-state index in [1.165, 1.54) is 25.7 Å². The maximum absolute atomic E-state index is 7.39. The molecule has 0 amide bonds. The zero-order valence-corrected chi connectivity index (χ0v) is 51.4. The van der Waals surface area contributed by atoms with Crippen LogP contribution >= 0.6 is 21.4 Å². The van der Waals surface area contributed by atoms with Gasteiger partial charge in [-0.3, -0.25) is 0 Å². The molecule has 0 saturated carbocycles. The average molecular weight is 1180 g/mol. The van der Waals surface area contributed by atoms with E-state index in [1.807, 2.05) is 35.6 Å². The summed E-state index contributed by atoms with van der Waals surface area (Å²) in [6.45, 7) is 0. The van der Waals surface area contributed by atoms with Gasteiger partial charge < -0.3 is 9.13 Å². The Morgan fingerprint density at radius 2 is 0.652 bits per heavy atom. The Labute approximate surface area is 553 Å². The van der Waals surface area contributed by atoms with Crippen LogP contribution in [0.1, 0.15) is 0 Å². The Morgan fingerprint density at radius 1 is 0.261 bits per heavy atom. The summed E-state index contributed by atoms with van der Waals surface area (Å²) in [6.07, 6.45) is 0. The highest BCUT2D eigenvalue weighted by atomic mass is 32.3. The van der Waals surface area contributed by atoms with Gasteiger partial charge in [0.1, 0.15) is 78.5 Å². The number of benzene rings is 13. The fourth-order valence-corrected chi connectivity index (χ4v) is 19.3. The summed E-state index contributed by atoms with van der Waals surface area (Å²) < 4.78 is 7.14. The second-order valence-corrected chi connectivity index (χ2v) is 27.4. The van der Waals surface area contributed by atoms with Gasteiger partial charge in [-0.2, -0.15) is 0 Å². The summed E-state index contributed by atoms with van der Waals surface area (Å²) in [5, 5.41) is 6.63. The molecule has 16 aromatic rings. The summed E-state index contributed by atoms with van der Waals surface area (Å²) in [4.78, 5) is 3.95. The van der Waals surface area contributed by atoms with Crippen molar-refractivity contribution in [2.45, 2.75) is 19.6 Å². The van der Waals surface area contributed by atoms with Crippen molar-refractivity contribution in [3.05, 3.63) is 255 Å². The van der Waals surface area contributed by atoms with Gasteiger partial charge in [-0.25, -0.2) is 0 Å². The standard InChI is InChI=1S/C78H42B10N2S2/c79-66-64(67(80)71(84)74(87)70(66)83)58-41-47(92(44-20-4-1-5-21-44,45-22-6-2-7-23-45)46-24-8-3-9-25-46)42-59(65-68(81)72(85)75(88)73(86)69(65)82)77(58)90-61-36-16-13-29-51(61)57-40-43(38-39-62(57)90)89-60-35-15-12-28-50(60)54-32-18-31-53(76(54)89)48-26-10-11-27-49(48)55-33-19-34-56-52-30-14-17-37-63(52)91-78(55)56/h1-42H. The van der Waals surface area contributed by atoms with E-state index >= 15 is 0 Å². The van der Waals surface area contributed by atoms with Crippen molar-refractivity contribution in [2.24, 2.45) is 0 Å².